The number of phenolic OH excluding ortho intramolecular Hbond substituents is 5. The molecule has 5 heteroatoms. The van der Waals surface area contributed by atoms with Crippen LogP contribution in [0.2, 0.25) is 0 Å². The van der Waals surface area contributed by atoms with Crippen molar-refractivity contribution in [3.8, 4) is 51.0 Å². The predicted molar refractivity (Wildman–Crippen MR) is 167 cm³/mol. The summed E-state index contributed by atoms with van der Waals surface area (Å²) in [5.41, 5.74) is 4.73. The van der Waals surface area contributed by atoms with Gasteiger partial charge in [-0.05, 0) is 61.0 Å². The molecule has 7 rings (SSSR count). The molecule has 0 saturated heterocycles. The molecule has 0 fully saturated rings. The van der Waals surface area contributed by atoms with Crippen molar-refractivity contribution < 1.29 is 25.5 Å². The Morgan fingerprint density at radius 3 is 1.31 bits per heavy atom. The van der Waals surface area contributed by atoms with Gasteiger partial charge in [-0.1, -0.05) is 115 Å². The summed E-state index contributed by atoms with van der Waals surface area (Å²) in [6, 6.07) is 38.4. The van der Waals surface area contributed by atoms with Crippen LogP contribution in [-0.4, -0.2) is 25.5 Å². The number of phenols is 5. The van der Waals surface area contributed by atoms with E-state index in [2.05, 4.69) is 54.6 Å². The first-order valence-electron chi connectivity index (χ1n) is 13.6. The molecule has 0 saturated carbocycles. The highest BCUT2D eigenvalue weighted by atomic mass is 16.4. The number of benzene rings is 7. The lowest BCUT2D eigenvalue weighted by atomic mass is 9.83. The molecule has 0 amide bonds. The molecule has 5 nitrogen and oxygen atoms in total. The van der Waals surface area contributed by atoms with Crippen molar-refractivity contribution in [3.63, 3.8) is 0 Å². The Balaban J connectivity index is 1.58. The first-order valence-corrected chi connectivity index (χ1v) is 13.6. The summed E-state index contributed by atoms with van der Waals surface area (Å²) in [6.45, 7) is 0. The van der Waals surface area contributed by atoms with Crippen LogP contribution < -0.4 is 0 Å². The maximum absolute atomic E-state index is 11.0. The fourth-order valence-corrected chi connectivity index (χ4v) is 6.16. The third kappa shape index (κ3) is 3.79. The minimum absolute atomic E-state index is 0.162. The molecule has 7 aromatic carbocycles. The monoisotopic (exact) mass is 550 g/mol. The van der Waals surface area contributed by atoms with E-state index >= 15 is 0 Å². The van der Waals surface area contributed by atoms with Crippen molar-refractivity contribution in [2.45, 2.75) is 6.42 Å². The molecule has 0 spiro atoms. The second-order valence-electron chi connectivity index (χ2n) is 10.4. The summed E-state index contributed by atoms with van der Waals surface area (Å²) >= 11 is 0. The fraction of sp³-hybridized carbons (Fsp3) is 0.0270. The summed E-state index contributed by atoms with van der Waals surface area (Å²) < 4.78 is 0. The van der Waals surface area contributed by atoms with E-state index in [0.717, 1.165) is 39.1 Å². The van der Waals surface area contributed by atoms with E-state index in [4.69, 9.17) is 0 Å². The summed E-state index contributed by atoms with van der Waals surface area (Å²) in [7, 11) is 0. The van der Waals surface area contributed by atoms with E-state index in [-0.39, 0.29) is 5.56 Å². The van der Waals surface area contributed by atoms with Crippen LogP contribution in [0.1, 0.15) is 11.1 Å². The summed E-state index contributed by atoms with van der Waals surface area (Å²) in [5.74, 6) is -4.24. The Kier molecular flexibility index (Phi) is 5.87. The maximum Gasteiger partial charge on any atom is 0.208 e. The zero-order chi connectivity index (χ0) is 29.0. The molecule has 0 heterocycles. The molecule has 0 aliphatic rings. The first-order chi connectivity index (χ1) is 20.5. The van der Waals surface area contributed by atoms with Crippen LogP contribution in [0.4, 0.5) is 0 Å². The first kappa shape index (κ1) is 25.3. The van der Waals surface area contributed by atoms with Crippen LogP contribution in [0.15, 0.2) is 115 Å². The third-order valence-corrected chi connectivity index (χ3v) is 8.07. The molecule has 7 aromatic rings. The summed E-state index contributed by atoms with van der Waals surface area (Å²) in [5, 5.41) is 58.1. The normalized spacial score (nSPS) is 11.4. The maximum atomic E-state index is 11.0. The number of hydrogen-bond donors (Lipinski definition) is 5. The lowest BCUT2D eigenvalue weighted by molar-refractivity contribution is 0.330. The molecule has 0 bridgehead atoms. The molecular formula is C37H26O5. The summed E-state index contributed by atoms with van der Waals surface area (Å²) in [4.78, 5) is 0. The van der Waals surface area contributed by atoms with Crippen LogP contribution in [0, 0.1) is 0 Å². The van der Waals surface area contributed by atoms with Gasteiger partial charge in [0.2, 0.25) is 17.2 Å². The molecule has 0 atom stereocenters. The van der Waals surface area contributed by atoms with Gasteiger partial charge in [-0.15, -0.1) is 0 Å². The molecule has 204 valence electrons. The average molecular weight is 551 g/mol. The van der Waals surface area contributed by atoms with Crippen molar-refractivity contribution >= 4 is 32.3 Å². The smallest absolute Gasteiger partial charge is 0.208 e. The van der Waals surface area contributed by atoms with Gasteiger partial charge in [-0.2, -0.15) is 0 Å². The molecular weight excluding hydrogens is 524 g/mol. The van der Waals surface area contributed by atoms with Crippen LogP contribution in [0.25, 0.3) is 54.6 Å². The van der Waals surface area contributed by atoms with Crippen molar-refractivity contribution in [1.82, 2.24) is 0 Å². The van der Waals surface area contributed by atoms with Crippen LogP contribution in [0.3, 0.4) is 0 Å². The van der Waals surface area contributed by atoms with E-state index in [9.17, 15) is 25.5 Å². The lowest BCUT2D eigenvalue weighted by Gasteiger charge is -2.21. The molecule has 42 heavy (non-hydrogen) atoms. The van der Waals surface area contributed by atoms with E-state index in [1.54, 1.807) is 0 Å². The zero-order valence-electron chi connectivity index (χ0n) is 22.4. The van der Waals surface area contributed by atoms with Crippen molar-refractivity contribution in [2.24, 2.45) is 0 Å². The third-order valence-electron chi connectivity index (χ3n) is 8.07. The van der Waals surface area contributed by atoms with Crippen LogP contribution in [0.5, 0.6) is 28.7 Å². The molecule has 5 N–H and O–H groups in total. The predicted octanol–water partition coefficient (Wildman–Crippen LogP) is 8.60. The Bertz CT molecular complexity index is 2080. The van der Waals surface area contributed by atoms with Crippen LogP contribution in [-0.2, 0) is 6.42 Å². The number of fused-ring (bicyclic) bond motifs is 3. The second-order valence-corrected chi connectivity index (χ2v) is 10.4. The fourth-order valence-electron chi connectivity index (χ4n) is 6.16. The number of aromatic hydroxyl groups is 5. The van der Waals surface area contributed by atoms with E-state index in [1.807, 2.05) is 60.7 Å². The van der Waals surface area contributed by atoms with Gasteiger partial charge < -0.3 is 25.5 Å². The zero-order valence-corrected chi connectivity index (χ0v) is 22.4. The van der Waals surface area contributed by atoms with Gasteiger partial charge in [-0.3, -0.25) is 0 Å². The minimum Gasteiger partial charge on any atom is -0.504 e. The van der Waals surface area contributed by atoms with Gasteiger partial charge in [-0.25, -0.2) is 0 Å². The van der Waals surface area contributed by atoms with Gasteiger partial charge in [0.05, 0.1) is 5.56 Å². The van der Waals surface area contributed by atoms with Gasteiger partial charge in [0.25, 0.3) is 0 Å². The number of rotatable bonds is 4. The van der Waals surface area contributed by atoms with Crippen molar-refractivity contribution in [3.05, 3.63) is 126 Å². The molecule has 0 aromatic heterocycles. The largest absolute Gasteiger partial charge is 0.504 e. The molecule has 0 radical (unpaired) electrons. The Hall–Kier alpha value is -5.68. The SMILES string of the molecule is Oc1c(O)c(O)c(-c2c3ccccc3c(-c3ccc(Cc4ccccc4)c4ccccc34)c3ccccc23)c(O)c1O. The van der Waals surface area contributed by atoms with Crippen molar-refractivity contribution in [1.29, 1.82) is 0 Å². The van der Waals surface area contributed by atoms with Gasteiger partial charge in [0.1, 0.15) is 0 Å². The molecule has 0 aliphatic carbocycles. The Labute approximate surface area is 241 Å². The lowest BCUT2D eigenvalue weighted by Crippen LogP contribution is -1.95. The van der Waals surface area contributed by atoms with Gasteiger partial charge >= 0.3 is 0 Å². The summed E-state index contributed by atoms with van der Waals surface area (Å²) in [6.07, 6.45) is 0.800. The average Bonchev–Trinajstić information content (AvgIpc) is 3.03. The van der Waals surface area contributed by atoms with Gasteiger partial charge in [0, 0.05) is 5.56 Å². The highest BCUT2D eigenvalue weighted by molar-refractivity contribution is 6.24. The Morgan fingerprint density at radius 1 is 0.333 bits per heavy atom. The topological polar surface area (TPSA) is 101 Å². The minimum atomic E-state index is -0.985. The molecule has 0 unspecified atom stereocenters. The van der Waals surface area contributed by atoms with Crippen molar-refractivity contribution in [2.75, 3.05) is 0 Å². The highest BCUT2D eigenvalue weighted by Gasteiger charge is 2.28. The quantitative estimate of drug-likeness (QED) is 0.0858. The number of hydrogen-bond acceptors (Lipinski definition) is 5. The van der Waals surface area contributed by atoms with Gasteiger partial charge in [0.15, 0.2) is 11.5 Å². The second kappa shape index (κ2) is 9.75. The Morgan fingerprint density at radius 2 is 0.762 bits per heavy atom. The van der Waals surface area contributed by atoms with E-state index in [0.29, 0.717) is 16.3 Å². The molecule has 0 aliphatic heterocycles. The van der Waals surface area contributed by atoms with E-state index < -0.39 is 28.7 Å². The van der Waals surface area contributed by atoms with Crippen LogP contribution >= 0.6 is 0 Å². The highest BCUT2D eigenvalue weighted by Crippen LogP contribution is 2.57. The standard InChI is InChI=1S/C37H26O5/c38-33-32(34(39)36(41)37(42)35(33)40)31-27-16-8-6-14-25(27)30(26-15-7-9-17-28(26)31)29-19-18-22(20-21-10-2-1-3-11-21)23-12-4-5-13-24(23)29/h1-19,38-42H,20H2. The van der Waals surface area contributed by atoms with E-state index in [1.165, 1.54) is 11.1 Å².